The predicted molar refractivity (Wildman–Crippen MR) is 50.5 cm³/mol. The molecule has 1 amide bonds. The van der Waals surface area contributed by atoms with Gasteiger partial charge in [-0.05, 0) is 24.3 Å². The van der Waals surface area contributed by atoms with Crippen LogP contribution in [0.4, 0.5) is 0 Å². The lowest BCUT2D eigenvalue weighted by molar-refractivity contribution is -0.143. The topological polar surface area (TPSA) is 29.5 Å². The second-order valence-corrected chi connectivity index (χ2v) is 3.87. The Hall–Kier alpha value is -0.870. The minimum absolute atomic E-state index is 0.00491. The summed E-state index contributed by atoms with van der Waals surface area (Å²) in [7, 11) is 0. The molecule has 1 fully saturated rings. The van der Waals surface area contributed by atoms with Crippen molar-refractivity contribution in [2.24, 2.45) is 0 Å². The summed E-state index contributed by atoms with van der Waals surface area (Å²) in [4.78, 5) is 17.7. The van der Waals surface area contributed by atoms with Crippen LogP contribution in [0.15, 0.2) is 17.5 Å². The van der Waals surface area contributed by atoms with Crippen molar-refractivity contribution >= 4 is 17.2 Å². The van der Waals surface area contributed by atoms with Crippen molar-refractivity contribution in [1.82, 2.24) is 5.06 Å². The van der Waals surface area contributed by atoms with Gasteiger partial charge < -0.3 is 0 Å². The Labute approximate surface area is 80.9 Å². The number of hydroxylamine groups is 2. The smallest absolute Gasteiger partial charge is 0.271 e. The Morgan fingerprint density at radius 2 is 2.46 bits per heavy atom. The summed E-state index contributed by atoms with van der Waals surface area (Å²) in [5.74, 6) is -0.00491. The van der Waals surface area contributed by atoms with E-state index in [0.717, 1.165) is 24.3 Å². The van der Waals surface area contributed by atoms with Gasteiger partial charge in [-0.1, -0.05) is 6.07 Å². The first-order valence-corrected chi connectivity index (χ1v) is 5.24. The highest BCUT2D eigenvalue weighted by Gasteiger charge is 2.19. The monoisotopic (exact) mass is 197 g/mol. The van der Waals surface area contributed by atoms with Crippen LogP contribution in [-0.2, 0) is 4.84 Å². The maximum Gasteiger partial charge on any atom is 0.287 e. The molecule has 0 unspecified atom stereocenters. The fourth-order valence-corrected chi connectivity index (χ4v) is 1.94. The van der Waals surface area contributed by atoms with E-state index in [1.165, 1.54) is 16.4 Å². The third-order valence-electron chi connectivity index (χ3n) is 1.96. The average Bonchev–Trinajstić information content (AvgIpc) is 2.71. The van der Waals surface area contributed by atoms with Crippen molar-refractivity contribution < 1.29 is 9.63 Å². The van der Waals surface area contributed by atoms with E-state index < -0.39 is 0 Å². The zero-order chi connectivity index (χ0) is 9.10. The molecule has 70 valence electrons. The van der Waals surface area contributed by atoms with Gasteiger partial charge in [-0.3, -0.25) is 9.63 Å². The lowest BCUT2D eigenvalue weighted by atomic mass is 10.3. The van der Waals surface area contributed by atoms with Crippen LogP contribution in [0.25, 0.3) is 0 Å². The zero-order valence-electron chi connectivity index (χ0n) is 7.23. The molecule has 0 atom stereocenters. The number of carbonyl (C=O) groups is 1. The van der Waals surface area contributed by atoms with E-state index in [2.05, 4.69) is 0 Å². The molecule has 1 aliphatic heterocycles. The van der Waals surface area contributed by atoms with Crippen molar-refractivity contribution in [2.45, 2.75) is 12.8 Å². The molecule has 1 aromatic heterocycles. The lowest BCUT2D eigenvalue weighted by Gasteiger charge is -2.25. The van der Waals surface area contributed by atoms with E-state index >= 15 is 0 Å². The molecule has 1 aliphatic rings. The average molecular weight is 197 g/mol. The highest BCUT2D eigenvalue weighted by atomic mass is 32.1. The number of rotatable bonds is 1. The molecule has 2 heterocycles. The molecule has 0 spiro atoms. The standard InChI is InChI=1S/C9H11NO2S/c11-9(8-4-3-7-13-8)10-5-1-2-6-12-10/h3-4,7H,1-2,5-6H2. The van der Waals surface area contributed by atoms with Gasteiger partial charge in [0.1, 0.15) is 0 Å². The van der Waals surface area contributed by atoms with Crippen LogP contribution in [0.3, 0.4) is 0 Å². The summed E-state index contributed by atoms with van der Waals surface area (Å²) in [6.45, 7) is 1.38. The number of hydrogen-bond donors (Lipinski definition) is 0. The molecule has 0 aliphatic carbocycles. The molecule has 2 rings (SSSR count). The first kappa shape index (κ1) is 8.72. The summed E-state index contributed by atoms with van der Waals surface area (Å²) in [5.41, 5.74) is 0. The Balaban J connectivity index is 2.04. The van der Waals surface area contributed by atoms with Gasteiger partial charge in [-0.2, -0.15) is 0 Å². The molecule has 13 heavy (non-hydrogen) atoms. The van der Waals surface area contributed by atoms with E-state index in [1.807, 2.05) is 17.5 Å². The van der Waals surface area contributed by atoms with Gasteiger partial charge in [-0.15, -0.1) is 11.3 Å². The van der Waals surface area contributed by atoms with Crippen molar-refractivity contribution in [3.63, 3.8) is 0 Å². The van der Waals surface area contributed by atoms with Gasteiger partial charge in [0.05, 0.1) is 11.5 Å². The number of carbonyl (C=O) groups excluding carboxylic acids is 1. The molecule has 1 saturated heterocycles. The van der Waals surface area contributed by atoms with E-state index in [-0.39, 0.29) is 5.91 Å². The summed E-state index contributed by atoms with van der Waals surface area (Å²) >= 11 is 1.45. The summed E-state index contributed by atoms with van der Waals surface area (Å²) in [5, 5.41) is 3.37. The van der Waals surface area contributed by atoms with Crippen molar-refractivity contribution in [1.29, 1.82) is 0 Å². The van der Waals surface area contributed by atoms with Crippen LogP contribution in [0.2, 0.25) is 0 Å². The minimum Gasteiger partial charge on any atom is -0.271 e. The molecule has 1 aromatic rings. The highest BCUT2D eigenvalue weighted by molar-refractivity contribution is 7.12. The second kappa shape index (κ2) is 3.89. The van der Waals surface area contributed by atoms with Crippen LogP contribution >= 0.6 is 11.3 Å². The van der Waals surface area contributed by atoms with Crippen molar-refractivity contribution in [2.75, 3.05) is 13.2 Å². The van der Waals surface area contributed by atoms with Gasteiger partial charge in [0.15, 0.2) is 0 Å². The molecule has 3 nitrogen and oxygen atoms in total. The summed E-state index contributed by atoms with van der Waals surface area (Å²) < 4.78 is 0. The number of hydrogen-bond acceptors (Lipinski definition) is 3. The zero-order valence-corrected chi connectivity index (χ0v) is 8.05. The van der Waals surface area contributed by atoms with Crippen LogP contribution in [0, 0.1) is 0 Å². The molecule has 0 N–H and O–H groups in total. The van der Waals surface area contributed by atoms with Crippen molar-refractivity contribution in [3.8, 4) is 0 Å². The molecule has 0 aromatic carbocycles. The quantitative estimate of drug-likeness (QED) is 0.688. The molecule has 0 saturated carbocycles. The summed E-state index contributed by atoms with van der Waals surface area (Å²) in [6.07, 6.45) is 2.09. The Morgan fingerprint density at radius 1 is 1.54 bits per heavy atom. The van der Waals surface area contributed by atoms with Gasteiger partial charge in [0, 0.05) is 6.54 Å². The van der Waals surface area contributed by atoms with Crippen LogP contribution in [0.5, 0.6) is 0 Å². The van der Waals surface area contributed by atoms with Gasteiger partial charge in [0.2, 0.25) is 0 Å². The van der Waals surface area contributed by atoms with E-state index in [9.17, 15) is 4.79 Å². The number of nitrogens with zero attached hydrogens (tertiary/aromatic N) is 1. The SMILES string of the molecule is O=C(c1cccs1)N1CCCCO1. The minimum atomic E-state index is -0.00491. The van der Waals surface area contributed by atoms with Crippen molar-refractivity contribution in [3.05, 3.63) is 22.4 Å². The summed E-state index contributed by atoms with van der Waals surface area (Å²) in [6, 6.07) is 3.70. The largest absolute Gasteiger partial charge is 0.287 e. The number of thiophene rings is 1. The van der Waals surface area contributed by atoms with Gasteiger partial charge in [0.25, 0.3) is 5.91 Å². The van der Waals surface area contributed by atoms with Gasteiger partial charge >= 0.3 is 0 Å². The second-order valence-electron chi connectivity index (χ2n) is 2.92. The Morgan fingerprint density at radius 3 is 3.08 bits per heavy atom. The van der Waals surface area contributed by atoms with Crippen LogP contribution in [0.1, 0.15) is 22.5 Å². The maximum absolute atomic E-state index is 11.7. The van der Waals surface area contributed by atoms with Crippen LogP contribution in [-0.4, -0.2) is 24.1 Å². The first-order valence-electron chi connectivity index (χ1n) is 4.36. The van der Waals surface area contributed by atoms with Crippen LogP contribution < -0.4 is 0 Å². The normalized spacial score (nSPS) is 17.4. The van der Waals surface area contributed by atoms with E-state index in [1.54, 1.807) is 0 Å². The number of amides is 1. The molecule has 0 bridgehead atoms. The van der Waals surface area contributed by atoms with E-state index in [4.69, 9.17) is 4.84 Å². The third kappa shape index (κ3) is 1.89. The molecular formula is C9H11NO2S. The van der Waals surface area contributed by atoms with Gasteiger partial charge in [-0.25, -0.2) is 5.06 Å². The molecule has 0 radical (unpaired) electrons. The first-order chi connectivity index (χ1) is 6.38. The highest BCUT2D eigenvalue weighted by Crippen LogP contribution is 2.15. The fraction of sp³-hybridized carbons (Fsp3) is 0.444. The Bertz CT molecular complexity index is 278. The predicted octanol–water partition coefficient (Wildman–Crippen LogP) is 1.92. The maximum atomic E-state index is 11.7. The third-order valence-corrected chi connectivity index (χ3v) is 2.82. The van der Waals surface area contributed by atoms with E-state index in [0.29, 0.717) is 6.61 Å². The lowest BCUT2D eigenvalue weighted by Crippen LogP contribution is -2.35. The Kier molecular flexibility index (Phi) is 2.61. The molecular weight excluding hydrogens is 186 g/mol. The fourth-order valence-electron chi connectivity index (χ4n) is 1.28. The molecule has 4 heteroatoms.